The molecule has 0 radical (unpaired) electrons. The largest absolute Gasteiger partial charge is 0.481 e. The summed E-state index contributed by atoms with van der Waals surface area (Å²) in [4.78, 5) is 14.5. The Kier molecular flexibility index (Phi) is 4.06. The molecule has 0 aromatic carbocycles. The molecule has 0 fully saturated rings. The average Bonchev–Trinajstić information content (AvgIpc) is 2.74. The fourth-order valence-electron chi connectivity index (χ4n) is 1.44. The number of carboxylic acids is 1. The van der Waals surface area contributed by atoms with E-state index in [0.717, 1.165) is 12.8 Å². The molecule has 0 bridgehead atoms. The van der Waals surface area contributed by atoms with E-state index in [9.17, 15) is 4.79 Å². The predicted octanol–water partition coefficient (Wildman–Crippen LogP) is 1.67. The molecule has 0 aliphatic carbocycles. The minimum atomic E-state index is -0.844. The molecular weight excluding hydrogens is 208 g/mol. The van der Waals surface area contributed by atoms with E-state index in [0.29, 0.717) is 18.1 Å². The number of hydrogen-bond donors (Lipinski definition) is 2. The predicted molar refractivity (Wildman–Crippen MR) is 58.9 cm³/mol. The minimum Gasteiger partial charge on any atom is -0.481 e. The molecular formula is C11H18N2O3. The van der Waals surface area contributed by atoms with Crippen molar-refractivity contribution < 1.29 is 14.3 Å². The summed E-state index contributed by atoms with van der Waals surface area (Å²) in [5.74, 6) is 0.231. The highest BCUT2D eigenvalue weighted by Gasteiger charge is 2.28. The van der Waals surface area contributed by atoms with Gasteiger partial charge in [0.1, 0.15) is 5.76 Å². The van der Waals surface area contributed by atoms with Gasteiger partial charge in [0.15, 0.2) is 0 Å². The Labute approximate surface area is 94.7 Å². The smallest absolute Gasteiger partial charge is 0.303 e. The Morgan fingerprint density at radius 2 is 2.19 bits per heavy atom. The van der Waals surface area contributed by atoms with Crippen LogP contribution in [-0.4, -0.2) is 16.1 Å². The van der Waals surface area contributed by atoms with E-state index < -0.39 is 11.5 Å². The van der Waals surface area contributed by atoms with E-state index in [1.165, 1.54) is 0 Å². The summed E-state index contributed by atoms with van der Waals surface area (Å²) in [5, 5.41) is 8.55. The number of hydrogen-bond acceptors (Lipinski definition) is 4. The van der Waals surface area contributed by atoms with Crippen molar-refractivity contribution in [2.75, 3.05) is 0 Å². The molecule has 3 N–H and O–H groups in total. The molecule has 1 rings (SSSR count). The quantitative estimate of drug-likeness (QED) is 0.770. The molecule has 1 aromatic heterocycles. The lowest BCUT2D eigenvalue weighted by Gasteiger charge is -2.22. The normalized spacial score (nSPS) is 11.7. The van der Waals surface area contributed by atoms with Crippen LogP contribution in [-0.2, 0) is 16.8 Å². The SMILES string of the molecule is CCC(N)(CC)c1ncc(CCC(=O)O)o1. The summed E-state index contributed by atoms with van der Waals surface area (Å²) in [6.07, 6.45) is 3.44. The van der Waals surface area contributed by atoms with Gasteiger partial charge in [0.05, 0.1) is 18.2 Å². The van der Waals surface area contributed by atoms with Crippen molar-refractivity contribution in [3.05, 3.63) is 17.8 Å². The van der Waals surface area contributed by atoms with Crippen molar-refractivity contribution in [3.8, 4) is 0 Å². The summed E-state index contributed by atoms with van der Waals surface area (Å²) in [5.41, 5.74) is 5.57. The number of carbonyl (C=O) groups is 1. The van der Waals surface area contributed by atoms with Crippen LogP contribution in [0.3, 0.4) is 0 Å². The van der Waals surface area contributed by atoms with Gasteiger partial charge in [0, 0.05) is 6.42 Å². The van der Waals surface area contributed by atoms with Crippen LogP contribution >= 0.6 is 0 Å². The van der Waals surface area contributed by atoms with Crippen LogP contribution in [0.15, 0.2) is 10.6 Å². The van der Waals surface area contributed by atoms with Gasteiger partial charge in [0.2, 0.25) is 5.89 Å². The molecule has 0 aliphatic heterocycles. The van der Waals surface area contributed by atoms with Crippen LogP contribution in [0.5, 0.6) is 0 Å². The molecule has 0 atom stereocenters. The fraction of sp³-hybridized carbons (Fsp3) is 0.636. The molecule has 16 heavy (non-hydrogen) atoms. The topological polar surface area (TPSA) is 89.3 Å². The zero-order valence-electron chi connectivity index (χ0n) is 9.69. The monoisotopic (exact) mass is 226 g/mol. The lowest BCUT2D eigenvalue weighted by Crippen LogP contribution is -2.35. The molecule has 0 aliphatic rings. The van der Waals surface area contributed by atoms with E-state index >= 15 is 0 Å². The zero-order valence-corrected chi connectivity index (χ0v) is 9.69. The van der Waals surface area contributed by atoms with Crippen LogP contribution in [0, 0.1) is 0 Å². The summed E-state index contributed by atoms with van der Waals surface area (Å²) >= 11 is 0. The second kappa shape index (κ2) is 5.12. The Hall–Kier alpha value is -1.36. The van der Waals surface area contributed by atoms with Crippen molar-refractivity contribution in [2.45, 2.75) is 45.1 Å². The molecule has 0 saturated heterocycles. The van der Waals surface area contributed by atoms with Gasteiger partial charge in [-0.1, -0.05) is 13.8 Å². The lowest BCUT2D eigenvalue weighted by molar-refractivity contribution is -0.137. The first-order valence-corrected chi connectivity index (χ1v) is 5.47. The number of nitrogens with zero attached hydrogens (tertiary/aromatic N) is 1. The van der Waals surface area contributed by atoms with Crippen LogP contribution in [0.4, 0.5) is 0 Å². The van der Waals surface area contributed by atoms with Crippen LogP contribution in [0.2, 0.25) is 0 Å². The summed E-state index contributed by atoms with van der Waals surface area (Å²) in [6.45, 7) is 3.95. The summed E-state index contributed by atoms with van der Waals surface area (Å²) in [7, 11) is 0. The van der Waals surface area contributed by atoms with Crippen molar-refractivity contribution in [1.82, 2.24) is 4.98 Å². The van der Waals surface area contributed by atoms with Gasteiger partial charge in [-0.2, -0.15) is 0 Å². The Morgan fingerprint density at radius 3 is 2.69 bits per heavy atom. The third-order valence-electron chi connectivity index (χ3n) is 2.83. The molecule has 0 saturated carbocycles. The third-order valence-corrected chi connectivity index (χ3v) is 2.83. The standard InChI is InChI=1S/C11H18N2O3/c1-3-11(12,4-2)10-13-7-8(16-10)5-6-9(14)15/h7H,3-6,12H2,1-2H3,(H,14,15). The maximum Gasteiger partial charge on any atom is 0.303 e. The zero-order chi connectivity index (χ0) is 12.2. The Morgan fingerprint density at radius 1 is 1.56 bits per heavy atom. The average molecular weight is 226 g/mol. The summed E-state index contributed by atoms with van der Waals surface area (Å²) < 4.78 is 5.48. The number of carboxylic acid groups (broad SMARTS) is 1. The first-order valence-electron chi connectivity index (χ1n) is 5.47. The van der Waals surface area contributed by atoms with Gasteiger partial charge >= 0.3 is 5.97 Å². The number of rotatable bonds is 6. The first kappa shape index (κ1) is 12.7. The first-order chi connectivity index (χ1) is 7.51. The molecule has 0 amide bonds. The van der Waals surface area contributed by atoms with Crippen molar-refractivity contribution in [3.63, 3.8) is 0 Å². The molecule has 0 spiro atoms. The number of aliphatic carboxylic acids is 1. The molecule has 90 valence electrons. The number of oxazole rings is 1. The van der Waals surface area contributed by atoms with Gasteiger partial charge in [-0.25, -0.2) is 4.98 Å². The number of nitrogens with two attached hydrogens (primary N) is 1. The summed E-state index contributed by atoms with van der Waals surface area (Å²) in [6, 6.07) is 0. The molecule has 5 heteroatoms. The van der Waals surface area contributed by atoms with Gasteiger partial charge in [-0.3, -0.25) is 4.79 Å². The van der Waals surface area contributed by atoms with E-state index in [1.54, 1.807) is 6.20 Å². The van der Waals surface area contributed by atoms with Gasteiger partial charge in [0.25, 0.3) is 0 Å². The second-order valence-corrected chi connectivity index (χ2v) is 3.89. The minimum absolute atomic E-state index is 0.0461. The maximum atomic E-state index is 10.4. The second-order valence-electron chi connectivity index (χ2n) is 3.89. The van der Waals surface area contributed by atoms with E-state index in [-0.39, 0.29) is 6.42 Å². The fourth-order valence-corrected chi connectivity index (χ4v) is 1.44. The molecule has 1 heterocycles. The highest BCUT2D eigenvalue weighted by Crippen LogP contribution is 2.25. The molecule has 1 aromatic rings. The van der Waals surface area contributed by atoms with E-state index in [4.69, 9.17) is 15.3 Å². The van der Waals surface area contributed by atoms with Gasteiger partial charge in [-0.15, -0.1) is 0 Å². The van der Waals surface area contributed by atoms with Crippen LogP contribution < -0.4 is 5.73 Å². The highest BCUT2D eigenvalue weighted by atomic mass is 16.4. The highest BCUT2D eigenvalue weighted by molar-refractivity contribution is 5.66. The van der Waals surface area contributed by atoms with Crippen molar-refractivity contribution in [1.29, 1.82) is 0 Å². The molecule has 5 nitrogen and oxygen atoms in total. The van der Waals surface area contributed by atoms with Crippen LogP contribution in [0.25, 0.3) is 0 Å². The van der Waals surface area contributed by atoms with Gasteiger partial charge < -0.3 is 15.3 Å². The van der Waals surface area contributed by atoms with Crippen molar-refractivity contribution >= 4 is 5.97 Å². The lowest BCUT2D eigenvalue weighted by atomic mass is 9.94. The Bertz CT molecular complexity index is 356. The maximum absolute atomic E-state index is 10.4. The van der Waals surface area contributed by atoms with Crippen LogP contribution in [0.1, 0.15) is 44.8 Å². The van der Waals surface area contributed by atoms with Crippen molar-refractivity contribution in [2.24, 2.45) is 5.73 Å². The van der Waals surface area contributed by atoms with E-state index in [1.807, 2.05) is 13.8 Å². The third kappa shape index (κ3) is 2.82. The molecule has 0 unspecified atom stereocenters. The van der Waals surface area contributed by atoms with E-state index in [2.05, 4.69) is 4.98 Å². The Balaban J connectivity index is 2.74. The van der Waals surface area contributed by atoms with Gasteiger partial charge in [-0.05, 0) is 12.8 Å². The number of aryl methyl sites for hydroxylation is 1. The number of aromatic nitrogens is 1.